The Kier molecular flexibility index (Phi) is 55.0. The van der Waals surface area contributed by atoms with E-state index in [0.29, 0.717) is 25.7 Å². The van der Waals surface area contributed by atoms with E-state index in [9.17, 15) is 43.2 Å². The molecule has 0 rings (SSSR count). The van der Waals surface area contributed by atoms with E-state index in [1.165, 1.54) is 122 Å². The second kappa shape index (κ2) is 56.3. The van der Waals surface area contributed by atoms with Crippen LogP contribution in [-0.4, -0.2) is 96.7 Å². The van der Waals surface area contributed by atoms with Gasteiger partial charge in [0.25, 0.3) is 0 Å². The lowest BCUT2D eigenvalue weighted by Crippen LogP contribution is -2.30. The zero-order chi connectivity index (χ0) is 62.4. The first-order chi connectivity index (χ1) is 40.3. The van der Waals surface area contributed by atoms with E-state index >= 15 is 0 Å². The summed E-state index contributed by atoms with van der Waals surface area (Å²) in [5.41, 5.74) is 0. The van der Waals surface area contributed by atoms with Gasteiger partial charge in [0.2, 0.25) is 0 Å². The van der Waals surface area contributed by atoms with Gasteiger partial charge in [0.15, 0.2) is 12.2 Å². The van der Waals surface area contributed by atoms with Crippen molar-refractivity contribution in [3.63, 3.8) is 0 Å². The van der Waals surface area contributed by atoms with E-state index in [0.717, 1.165) is 114 Å². The van der Waals surface area contributed by atoms with E-state index < -0.39 is 97.5 Å². The molecule has 6 atom stereocenters. The Bertz CT molecular complexity index is 1670. The highest BCUT2D eigenvalue weighted by Gasteiger charge is 2.30. The predicted molar refractivity (Wildman–Crippen MR) is 335 cm³/mol. The molecule has 0 aromatic carbocycles. The molecule has 17 nitrogen and oxygen atoms in total. The summed E-state index contributed by atoms with van der Waals surface area (Å²) >= 11 is 0. The van der Waals surface area contributed by atoms with Gasteiger partial charge in [-0.3, -0.25) is 37.3 Å². The zero-order valence-electron chi connectivity index (χ0n) is 54.4. The third-order valence-corrected chi connectivity index (χ3v) is 17.1. The van der Waals surface area contributed by atoms with Crippen LogP contribution in [0.15, 0.2) is 0 Å². The van der Waals surface area contributed by atoms with Crippen LogP contribution in [0, 0.1) is 17.8 Å². The topological polar surface area (TPSA) is 237 Å². The summed E-state index contributed by atoms with van der Waals surface area (Å²) in [6, 6.07) is 0. The number of phosphoric ester groups is 2. The van der Waals surface area contributed by atoms with Crippen molar-refractivity contribution in [2.75, 3.05) is 39.6 Å². The lowest BCUT2D eigenvalue weighted by Gasteiger charge is -2.21. The van der Waals surface area contributed by atoms with Crippen molar-refractivity contribution in [1.82, 2.24) is 0 Å². The number of rotatable bonds is 63. The van der Waals surface area contributed by atoms with Crippen LogP contribution < -0.4 is 0 Å². The Balaban J connectivity index is 5.19. The summed E-state index contributed by atoms with van der Waals surface area (Å²) in [5.74, 6) is 0.154. The minimum atomic E-state index is -4.95. The number of esters is 4. The number of hydrogen-bond donors (Lipinski definition) is 3. The number of hydrogen-bond acceptors (Lipinski definition) is 15. The fraction of sp³-hybridized carbons (Fsp3) is 0.938. The molecule has 0 aliphatic rings. The van der Waals surface area contributed by atoms with Crippen molar-refractivity contribution in [1.29, 1.82) is 0 Å². The molecule has 0 saturated carbocycles. The van der Waals surface area contributed by atoms with Gasteiger partial charge in [0.1, 0.15) is 19.3 Å². The quantitative estimate of drug-likeness (QED) is 0.0222. The van der Waals surface area contributed by atoms with E-state index in [-0.39, 0.29) is 25.7 Å². The lowest BCUT2D eigenvalue weighted by atomic mass is 9.99. The standard InChI is InChI=1S/C65H126O17P2/c1-8-10-11-29-39-46-62(67)75-52-60(81-65(70)49-42-35-28-22-16-18-24-31-37-44-57(5)6)54-79-83(71,72)77-50-59(66)51-78-84(73,74)80-55-61(53-76-63(68)47-40-33-26-20-14-12-17-23-30-36-43-56(3)4)82-64(69)48-41-34-27-21-15-13-19-25-32-38-45-58(7)9-2/h56-61,66H,8-55H2,1-7H3,(H,71,72)(H,73,74)/t58?,59-,60+,61+/m0/s1. The maximum Gasteiger partial charge on any atom is 0.472 e. The highest BCUT2D eigenvalue weighted by molar-refractivity contribution is 7.47. The molecule has 0 aliphatic heterocycles. The van der Waals surface area contributed by atoms with Gasteiger partial charge in [0.05, 0.1) is 26.4 Å². The molecule has 3 N–H and O–H groups in total. The first-order valence-corrected chi connectivity index (χ1v) is 36.9. The third-order valence-electron chi connectivity index (χ3n) is 15.2. The average molecular weight is 1240 g/mol. The molecule has 0 amide bonds. The van der Waals surface area contributed by atoms with Crippen LogP contribution in [0.2, 0.25) is 0 Å². The van der Waals surface area contributed by atoms with Crippen molar-refractivity contribution >= 4 is 39.5 Å². The maximum absolute atomic E-state index is 13.0. The smallest absolute Gasteiger partial charge is 0.462 e. The summed E-state index contributed by atoms with van der Waals surface area (Å²) in [4.78, 5) is 72.1. The molecule has 84 heavy (non-hydrogen) atoms. The van der Waals surface area contributed by atoms with Crippen LogP contribution >= 0.6 is 15.6 Å². The van der Waals surface area contributed by atoms with Crippen molar-refractivity contribution in [2.45, 2.75) is 336 Å². The summed E-state index contributed by atoms with van der Waals surface area (Å²) in [6.07, 6.45) is 37.8. The van der Waals surface area contributed by atoms with Gasteiger partial charge in [-0.15, -0.1) is 0 Å². The van der Waals surface area contributed by atoms with Gasteiger partial charge in [0, 0.05) is 25.7 Å². The predicted octanol–water partition coefficient (Wildman–Crippen LogP) is 17.9. The Labute approximate surface area is 511 Å². The largest absolute Gasteiger partial charge is 0.472 e. The molecule has 0 bridgehead atoms. The number of phosphoric acid groups is 2. The first-order valence-electron chi connectivity index (χ1n) is 33.9. The number of aliphatic hydroxyl groups excluding tert-OH is 1. The number of unbranched alkanes of at least 4 members (excludes halogenated alkanes) is 30. The molecule has 3 unspecified atom stereocenters. The molecule has 0 fully saturated rings. The Hall–Kier alpha value is -1.94. The van der Waals surface area contributed by atoms with Gasteiger partial charge in [-0.05, 0) is 43.4 Å². The van der Waals surface area contributed by atoms with Crippen LogP contribution in [0.3, 0.4) is 0 Å². The first kappa shape index (κ1) is 82.1. The fourth-order valence-corrected chi connectivity index (χ4v) is 11.2. The Morgan fingerprint density at radius 3 is 0.905 bits per heavy atom. The van der Waals surface area contributed by atoms with E-state index in [1.807, 2.05) is 0 Å². The van der Waals surface area contributed by atoms with Crippen molar-refractivity contribution in [3.8, 4) is 0 Å². The molecule has 498 valence electrons. The summed E-state index contributed by atoms with van der Waals surface area (Å²) in [5, 5.41) is 10.5. The van der Waals surface area contributed by atoms with Gasteiger partial charge in [-0.2, -0.15) is 0 Å². The lowest BCUT2D eigenvalue weighted by molar-refractivity contribution is -0.161. The Morgan fingerprint density at radius 2 is 0.607 bits per heavy atom. The van der Waals surface area contributed by atoms with Crippen molar-refractivity contribution in [3.05, 3.63) is 0 Å². The maximum atomic E-state index is 13.0. The van der Waals surface area contributed by atoms with Gasteiger partial charge in [-0.25, -0.2) is 9.13 Å². The Morgan fingerprint density at radius 1 is 0.345 bits per heavy atom. The van der Waals surface area contributed by atoms with Crippen molar-refractivity contribution < 1.29 is 80.2 Å². The van der Waals surface area contributed by atoms with Gasteiger partial charge >= 0.3 is 39.5 Å². The van der Waals surface area contributed by atoms with Crippen LogP contribution in [0.4, 0.5) is 0 Å². The van der Waals surface area contributed by atoms with Gasteiger partial charge in [-0.1, -0.05) is 267 Å². The minimum absolute atomic E-state index is 0.104. The van der Waals surface area contributed by atoms with Crippen LogP contribution in [0.5, 0.6) is 0 Å². The summed E-state index contributed by atoms with van der Waals surface area (Å²) < 4.78 is 67.9. The molecule has 0 aliphatic carbocycles. The monoisotopic (exact) mass is 1240 g/mol. The second-order valence-electron chi connectivity index (χ2n) is 24.7. The highest BCUT2D eigenvalue weighted by Crippen LogP contribution is 2.45. The molecular weight excluding hydrogens is 1110 g/mol. The van der Waals surface area contributed by atoms with E-state index in [4.69, 9.17) is 37.0 Å². The average Bonchev–Trinajstić information content (AvgIpc) is 3.45. The zero-order valence-corrected chi connectivity index (χ0v) is 56.1. The normalized spacial score (nSPS) is 14.7. The van der Waals surface area contributed by atoms with Crippen molar-refractivity contribution in [2.24, 2.45) is 17.8 Å². The molecular formula is C65H126O17P2. The highest BCUT2D eigenvalue weighted by atomic mass is 31.2. The fourth-order valence-electron chi connectivity index (χ4n) is 9.62. The number of carbonyl (C=O) groups is 4. The number of ether oxygens (including phenoxy) is 4. The second-order valence-corrected chi connectivity index (χ2v) is 27.6. The summed E-state index contributed by atoms with van der Waals surface area (Å²) in [7, 11) is -9.88. The third kappa shape index (κ3) is 57.8. The minimum Gasteiger partial charge on any atom is -0.462 e. The van der Waals surface area contributed by atoms with Crippen LogP contribution in [-0.2, 0) is 65.4 Å². The molecule has 0 radical (unpaired) electrons. The van der Waals surface area contributed by atoms with Gasteiger partial charge < -0.3 is 33.8 Å². The van der Waals surface area contributed by atoms with E-state index in [1.54, 1.807) is 0 Å². The molecule has 0 saturated heterocycles. The molecule has 0 aromatic heterocycles. The molecule has 0 aromatic rings. The molecule has 0 spiro atoms. The SMILES string of the molecule is CCCCCCCC(=O)OC[C@H](COP(=O)(O)OC[C@H](O)COP(=O)(O)OC[C@@H](COC(=O)CCCCCCCCCCCCC(C)C)OC(=O)CCCCCCCCCCCCC(C)CC)OC(=O)CCCCCCCCCCCC(C)C. The van der Waals surface area contributed by atoms with Crippen LogP contribution in [0.25, 0.3) is 0 Å². The van der Waals surface area contributed by atoms with Crippen LogP contribution in [0.1, 0.15) is 318 Å². The molecule has 19 heteroatoms. The number of aliphatic hydroxyl groups is 1. The molecule has 0 heterocycles. The van der Waals surface area contributed by atoms with E-state index in [2.05, 4.69) is 48.5 Å². The summed E-state index contributed by atoms with van der Waals surface area (Å²) in [6.45, 7) is 11.7. The number of carbonyl (C=O) groups excluding carboxylic acids is 4.